The van der Waals surface area contributed by atoms with Gasteiger partial charge in [0, 0.05) is 37.4 Å². The van der Waals surface area contributed by atoms with E-state index in [1.807, 2.05) is 0 Å². The highest BCUT2D eigenvalue weighted by Crippen LogP contribution is 2.35. The third-order valence-electron chi connectivity index (χ3n) is 4.90. The lowest BCUT2D eigenvalue weighted by Gasteiger charge is -2.26. The van der Waals surface area contributed by atoms with Crippen LogP contribution in [0.15, 0.2) is 18.6 Å². The number of anilines is 1. The van der Waals surface area contributed by atoms with Gasteiger partial charge in [0.05, 0.1) is 43.6 Å². The second-order valence-electron chi connectivity index (χ2n) is 6.87. The Kier molecular flexibility index (Phi) is 5.29. The van der Waals surface area contributed by atoms with Crippen molar-refractivity contribution in [2.45, 2.75) is 26.9 Å². The molecule has 3 aromatic rings. The lowest BCUT2D eigenvalue weighted by atomic mass is 10.2. The molecule has 0 radical (unpaired) electrons. The average Bonchev–Trinajstić information content (AvgIpc) is 2.96. The van der Waals surface area contributed by atoms with Gasteiger partial charge in [0.1, 0.15) is 16.5 Å². The van der Waals surface area contributed by atoms with Crippen LogP contribution < -0.4 is 4.90 Å². The Labute approximate surface area is 163 Å². The molecule has 0 saturated carbocycles. The highest BCUT2D eigenvalue weighted by molar-refractivity contribution is 7.18. The molecule has 27 heavy (non-hydrogen) atoms. The minimum Gasteiger partial charge on any atom is -0.379 e. The summed E-state index contributed by atoms with van der Waals surface area (Å²) in [5.41, 5.74) is 2.18. The van der Waals surface area contributed by atoms with E-state index in [4.69, 9.17) is 14.7 Å². The zero-order valence-corrected chi connectivity index (χ0v) is 16.8. The van der Waals surface area contributed by atoms with Gasteiger partial charge in [-0.05, 0) is 19.4 Å². The minimum atomic E-state index is 0.658. The standard InChI is InChI=1S/C19H24N6OS/c1-13-14(2)27-19-17(13)18(24(3)11-15-10-20-4-5-21-15)22-16(23-19)12-25-6-8-26-9-7-25/h4-5,10H,6-9,11-12H2,1-3H3. The van der Waals surface area contributed by atoms with Crippen molar-refractivity contribution in [1.82, 2.24) is 24.8 Å². The van der Waals surface area contributed by atoms with E-state index in [0.29, 0.717) is 6.54 Å². The quantitative estimate of drug-likeness (QED) is 0.670. The van der Waals surface area contributed by atoms with E-state index in [1.54, 1.807) is 29.9 Å². The van der Waals surface area contributed by atoms with Crippen molar-refractivity contribution in [3.8, 4) is 0 Å². The molecule has 142 valence electrons. The van der Waals surface area contributed by atoms with Crippen molar-refractivity contribution in [3.05, 3.63) is 40.5 Å². The summed E-state index contributed by atoms with van der Waals surface area (Å²) >= 11 is 1.74. The van der Waals surface area contributed by atoms with Crippen molar-refractivity contribution in [2.75, 3.05) is 38.3 Å². The Morgan fingerprint density at radius 1 is 1.19 bits per heavy atom. The van der Waals surface area contributed by atoms with E-state index in [2.05, 4.69) is 40.7 Å². The summed E-state index contributed by atoms with van der Waals surface area (Å²) in [5.74, 6) is 1.84. The maximum absolute atomic E-state index is 5.45. The number of fused-ring (bicyclic) bond motifs is 1. The third-order valence-corrected chi connectivity index (χ3v) is 6.00. The van der Waals surface area contributed by atoms with Gasteiger partial charge in [0.2, 0.25) is 0 Å². The normalized spacial score (nSPS) is 15.4. The van der Waals surface area contributed by atoms with Crippen molar-refractivity contribution in [2.24, 2.45) is 0 Å². The number of ether oxygens (including phenoxy) is 1. The maximum atomic E-state index is 5.45. The molecule has 1 aliphatic heterocycles. The molecule has 0 amide bonds. The molecule has 0 unspecified atom stereocenters. The van der Waals surface area contributed by atoms with Gasteiger partial charge in [-0.25, -0.2) is 9.97 Å². The summed E-state index contributed by atoms with van der Waals surface area (Å²) < 4.78 is 5.45. The Hall–Kier alpha value is -2.16. The fourth-order valence-electron chi connectivity index (χ4n) is 3.31. The van der Waals surface area contributed by atoms with E-state index in [-0.39, 0.29) is 0 Å². The molecule has 0 bridgehead atoms. The Balaban J connectivity index is 1.69. The molecule has 4 rings (SSSR count). The van der Waals surface area contributed by atoms with Gasteiger partial charge in [0.25, 0.3) is 0 Å². The van der Waals surface area contributed by atoms with Crippen LogP contribution in [0.1, 0.15) is 22.0 Å². The number of hydrogen-bond acceptors (Lipinski definition) is 8. The van der Waals surface area contributed by atoms with Gasteiger partial charge in [0.15, 0.2) is 0 Å². The first-order chi connectivity index (χ1) is 13.1. The summed E-state index contributed by atoms with van der Waals surface area (Å²) in [6, 6.07) is 0. The SMILES string of the molecule is Cc1sc2nc(CN3CCOCC3)nc(N(C)Cc3cnccn3)c2c1C. The van der Waals surface area contributed by atoms with Gasteiger partial charge in [-0.3, -0.25) is 14.9 Å². The molecular weight excluding hydrogens is 360 g/mol. The molecule has 4 heterocycles. The number of aromatic nitrogens is 4. The van der Waals surface area contributed by atoms with E-state index in [0.717, 1.165) is 60.4 Å². The Morgan fingerprint density at radius 2 is 2.00 bits per heavy atom. The zero-order chi connectivity index (χ0) is 18.8. The lowest BCUT2D eigenvalue weighted by Crippen LogP contribution is -2.36. The van der Waals surface area contributed by atoms with Crippen LogP contribution >= 0.6 is 11.3 Å². The summed E-state index contributed by atoms with van der Waals surface area (Å²) in [7, 11) is 2.06. The first-order valence-electron chi connectivity index (χ1n) is 9.14. The summed E-state index contributed by atoms with van der Waals surface area (Å²) in [5, 5.41) is 1.15. The number of thiophene rings is 1. The largest absolute Gasteiger partial charge is 0.379 e. The van der Waals surface area contributed by atoms with Gasteiger partial charge in [-0.15, -0.1) is 11.3 Å². The molecular formula is C19H24N6OS. The molecule has 7 nitrogen and oxygen atoms in total. The van der Waals surface area contributed by atoms with Gasteiger partial charge in [-0.2, -0.15) is 0 Å². The molecule has 1 aliphatic rings. The van der Waals surface area contributed by atoms with Crippen LogP contribution in [0.5, 0.6) is 0 Å². The van der Waals surface area contributed by atoms with Crippen LogP contribution in [0.25, 0.3) is 10.2 Å². The first kappa shape index (κ1) is 18.2. The average molecular weight is 385 g/mol. The molecule has 0 aliphatic carbocycles. The second kappa shape index (κ2) is 7.84. The van der Waals surface area contributed by atoms with Crippen LogP contribution in [-0.2, 0) is 17.8 Å². The summed E-state index contributed by atoms with van der Waals surface area (Å²) in [6.45, 7) is 9.11. The van der Waals surface area contributed by atoms with Crippen LogP contribution in [0.2, 0.25) is 0 Å². The van der Waals surface area contributed by atoms with Crippen molar-refractivity contribution in [1.29, 1.82) is 0 Å². The molecule has 0 atom stereocenters. The molecule has 0 N–H and O–H groups in total. The lowest BCUT2D eigenvalue weighted by molar-refractivity contribution is 0.0331. The predicted molar refractivity (Wildman–Crippen MR) is 107 cm³/mol. The topological polar surface area (TPSA) is 67.3 Å². The monoisotopic (exact) mass is 384 g/mol. The minimum absolute atomic E-state index is 0.658. The molecule has 0 aromatic carbocycles. The van der Waals surface area contributed by atoms with E-state index in [1.165, 1.54) is 10.4 Å². The van der Waals surface area contributed by atoms with Gasteiger partial charge in [-0.1, -0.05) is 0 Å². The van der Waals surface area contributed by atoms with Gasteiger partial charge < -0.3 is 9.64 Å². The first-order valence-corrected chi connectivity index (χ1v) is 9.96. The fourth-order valence-corrected chi connectivity index (χ4v) is 4.35. The van der Waals surface area contributed by atoms with E-state index >= 15 is 0 Å². The zero-order valence-electron chi connectivity index (χ0n) is 16.0. The maximum Gasteiger partial charge on any atom is 0.146 e. The molecule has 1 fully saturated rings. The highest BCUT2D eigenvalue weighted by atomic mass is 32.1. The molecule has 8 heteroatoms. The number of hydrogen-bond donors (Lipinski definition) is 0. The van der Waals surface area contributed by atoms with Crippen molar-refractivity contribution >= 4 is 27.4 Å². The van der Waals surface area contributed by atoms with E-state index in [9.17, 15) is 0 Å². The summed E-state index contributed by atoms with van der Waals surface area (Å²) in [6.07, 6.45) is 5.22. The number of nitrogens with zero attached hydrogens (tertiary/aromatic N) is 6. The molecule has 0 spiro atoms. The molecule has 1 saturated heterocycles. The van der Waals surface area contributed by atoms with Gasteiger partial charge >= 0.3 is 0 Å². The van der Waals surface area contributed by atoms with Crippen molar-refractivity contribution < 1.29 is 4.74 Å². The second-order valence-corrected chi connectivity index (χ2v) is 8.07. The Bertz CT molecular complexity index is 923. The predicted octanol–water partition coefficient (Wildman–Crippen LogP) is 2.57. The van der Waals surface area contributed by atoms with E-state index < -0.39 is 0 Å². The number of rotatable bonds is 5. The highest BCUT2D eigenvalue weighted by Gasteiger charge is 2.20. The number of morpholine rings is 1. The van der Waals surface area contributed by atoms with Crippen molar-refractivity contribution in [3.63, 3.8) is 0 Å². The smallest absolute Gasteiger partial charge is 0.146 e. The van der Waals surface area contributed by atoms with Crippen LogP contribution in [0, 0.1) is 13.8 Å². The van der Waals surface area contributed by atoms with Crippen LogP contribution in [-0.4, -0.2) is 58.2 Å². The number of aryl methyl sites for hydroxylation is 2. The summed E-state index contributed by atoms with van der Waals surface area (Å²) in [4.78, 5) is 25.2. The molecule has 3 aromatic heterocycles. The third kappa shape index (κ3) is 3.92. The fraction of sp³-hybridized carbons (Fsp3) is 0.474. The van der Waals surface area contributed by atoms with Crippen LogP contribution in [0.3, 0.4) is 0 Å². The Morgan fingerprint density at radius 3 is 2.74 bits per heavy atom. The van der Waals surface area contributed by atoms with Crippen LogP contribution in [0.4, 0.5) is 5.82 Å².